The molecule has 8 nitrogen and oxygen atoms in total. The summed E-state index contributed by atoms with van der Waals surface area (Å²) in [4.78, 5) is 14.9. The third kappa shape index (κ3) is 4.40. The number of hydrogen-bond donors (Lipinski definition) is 1. The first kappa shape index (κ1) is 21.7. The number of hydrogen-bond acceptors (Lipinski definition) is 6. The molecular weight excluding hydrogens is 406 g/mol. The van der Waals surface area contributed by atoms with Crippen molar-refractivity contribution in [3.05, 3.63) is 24.3 Å². The number of piperidine rings is 1. The van der Waals surface area contributed by atoms with Crippen molar-refractivity contribution in [1.82, 2.24) is 9.21 Å². The molecule has 1 N–H and O–H groups in total. The minimum atomic E-state index is -3.46. The highest BCUT2D eigenvalue weighted by atomic mass is 32.2. The van der Waals surface area contributed by atoms with Crippen molar-refractivity contribution < 1.29 is 22.7 Å². The predicted molar refractivity (Wildman–Crippen MR) is 113 cm³/mol. The van der Waals surface area contributed by atoms with E-state index in [9.17, 15) is 13.2 Å². The van der Waals surface area contributed by atoms with Gasteiger partial charge in [-0.15, -0.1) is 0 Å². The number of ether oxygens (including phenoxy) is 2. The van der Waals surface area contributed by atoms with Gasteiger partial charge in [0.15, 0.2) is 0 Å². The van der Waals surface area contributed by atoms with Crippen LogP contribution in [0.25, 0.3) is 0 Å². The van der Waals surface area contributed by atoms with Crippen LogP contribution in [0.1, 0.15) is 32.1 Å². The lowest BCUT2D eigenvalue weighted by atomic mass is 9.97. The van der Waals surface area contributed by atoms with E-state index in [0.29, 0.717) is 31.9 Å². The Morgan fingerprint density at radius 2 is 1.93 bits per heavy atom. The van der Waals surface area contributed by atoms with E-state index in [1.54, 1.807) is 35.7 Å². The first-order valence-electron chi connectivity index (χ1n) is 10.7. The summed E-state index contributed by atoms with van der Waals surface area (Å²) in [5, 5.41) is 2.87. The number of likely N-dealkylation sites (tertiary alicyclic amines) is 1. The van der Waals surface area contributed by atoms with E-state index in [1.165, 1.54) is 0 Å². The zero-order valence-electron chi connectivity index (χ0n) is 17.5. The van der Waals surface area contributed by atoms with Gasteiger partial charge in [-0.25, -0.2) is 8.42 Å². The van der Waals surface area contributed by atoms with Crippen LogP contribution in [0, 0.1) is 0 Å². The van der Waals surface area contributed by atoms with Crippen molar-refractivity contribution in [2.75, 3.05) is 51.8 Å². The van der Waals surface area contributed by atoms with Gasteiger partial charge in [-0.1, -0.05) is 6.42 Å². The number of nitrogens with one attached hydrogen (secondary N) is 1. The highest BCUT2D eigenvalue weighted by Crippen LogP contribution is 2.36. The van der Waals surface area contributed by atoms with Gasteiger partial charge in [0, 0.05) is 45.6 Å². The van der Waals surface area contributed by atoms with Gasteiger partial charge in [0.25, 0.3) is 0 Å². The van der Waals surface area contributed by atoms with Gasteiger partial charge in [-0.05, 0) is 49.9 Å². The summed E-state index contributed by atoms with van der Waals surface area (Å²) < 4.78 is 38.6. The van der Waals surface area contributed by atoms with Gasteiger partial charge in [0.1, 0.15) is 5.60 Å². The van der Waals surface area contributed by atoms with Crippen molar-refractivity contribution in [1.29, 1.82) is 0 Å². The first-order valence-corrected chi connectivity index (χ1v) is 12.2. The standard InChI is InChI=1S/C21H31N3O5S/c1-28-19-14-23(16-21(19)10-5-13-29-21)15-20(25)22-17-6-8-18(9-7-17)30(26,27)24-11-3-2-4-12-24/h6-9,19H,2-5,10-16H2,1H3,(H,22,25)/t19-,21-/m1/s1. The molecule has 0 unspecified atom stereocenters. The van der Waals surface area contributed by atoms with Crippen molar-refractivity contribution in [2.45, 2.75) is 48.7 Å². The van der Waals surface area contributed by atoms with Crippen LogP contribution in [0.15, 0.2) is 29.2 Å². The van der Waals surface area contributed by atoms with E-state index < -0.39 is 10.0 Å². The second-order valence-electron chi connectivity index (χ2n) is 8.45. The highest BCUT2D eigenvalue weighted by molar-refractivity contribution is 7.89. The maximum atomic E-state index is 12.7. The van der Waals surface area contributed by atoms with Gasteiger partial charge in [0.05, 0.1) is 17.5 Å². The summed E-state index contributed by atoms with van der Waals surface area (Å²) in [5.41, 5.74) is 0.298. The summed E-state index contributed by atoms with van der Waals surface area (Å²) in [6.45, 7) is 3.49. The molecule has 30 heavy (non-hydrogen) atoms. The molecule has 0 saturated carbocycles. The Kier molecular flexibility index (Phi) is 6.45. The SMILES string of the molecule is CO[C@@H]1CN(CC(=O)Nc2ccc(S(=O)(=O)N3CCCCC3)cc2)C[C@]12CCCO2. The third-order valence-corrected chi connectivity index (χ3v) is 8.29. The van der Waals surface area contributed by atoms with Crippen LogP contribution in [0.4, 0.5) is 5.69 Å². The van der Waals surface area contributed by atoms with Crippen LogP contribution in [-0.4, -0.2) is 81.7 Å². The van der Waals surface area contributed by atoms with Crippen molar-refractivity contribution in [2.24, 2.45) is 0 Å². The van der Waals surface area contributed by atoms with Crippen molar-refractivity contribution >= 4 is 21.6 Å². The second-order valence-corrected chi connectivity index (χ2v) is 10.4. The monoisotopic (exact) mass is 437 g/mol. The molecule has 1 aromatic carbocycles. The maximum Gasteiger partial charge on any atom is 0.243 e. The van der Waals surface area contributed by atoms with Crippen LogP contribution < -0.4 is 5.32 Å². The lowest BCUT2D eigenvalue weighted by Crippen LogP contribution is -2.42. The number of sulfonamides is 1. The van der Waals surface area contributed by atoms with Gasteiger partial charge >= 0.3 is 0 Å². The van der Waals surface area contributed by atoms with Crippen LogP contribution >= 0.6 is 0 Å². The number of amides is 1. The predicted octanol–water partition coefficient (Wildman–Crippen LogP) is 1.68. The fourth-order valence-electron chi connectivity index (χ4n) is 4.82. The van der Waals surface area contributed by atoms with Gasteiger partial charge in [-0.2, -0.15) is 4.31 Å². The average Bonchev–Trinajstić information content (AvgIpc) is 3.35. The fraction of sp³-hybridized carbons (Fsp3) is 0.667. The number of carbonyl (C=O) groups is 1. The van der Waals surface area contributed by atoms with Crippen LogP contribution in [0.2, 0.25) is 0 Å². The fourth-order valence-corrected chi connectivity index (χ4v) is 6.34. The van der Waals surface area contributed by atoms with Gasteiger partial charge in [-0.3, -0.25) is 9.69 Å². The first-order chi connectivity index (χ1) is 14.4. The summed E-state index contributed by atoms with van der Waals surface area (Å²) in [6, 6.07) is 6.44. The van der Waals surface area contributed by atoms with Crippen LogP contribution in [0.3, 0.4) is 0 Å². The smallest absolute Gasteiger partial charge is 0.243 e. The quantitative estimate of drug-likeness (QED) is 0.729. The molecule has 3 heterocycles. The molecule has 1 aromatic rings. The molecule has 3 fully saturated rings. The summed E-state index contributed by atoms with van der Waals surface area (Å²) in [6.07, 6.45) is 4.84. The summed E-state index contributed by atoms with van der Waals surface area (Å²) in [7, 11) is -1.77. The number of rotatable bonds is 6. The zero-order chi connectivity index (χ0) is 21.2. The maximum absolute atomic E-state index is 12.7. The number of anilines is 1. The number of benzene rings is 1. The van der Waals surface area contributed by atoms with E-state index in [1.807, 2.05) is 0 Å². The molecular formula is C21H31N3O5S. The minimum absolute atomic E-state index is 0.0212. The molecule has 0 radical (unpaired) electrons. The molecule has 1 amide bonds. The lowest BCUT2D eigenvalue weighted by molar-refractivity contribution is -0.117. The van der Waals surface area contributed by atoms with Crippen molar-refractivity contribution in [3.63, 3.8) is 0 Å². The minimum Gasteiger partial charge on any atom is -0.377 e. The lowest BCUT2D eigenvalue weighted by Gasteiger charge is -2.28. The number of nitrogens with zero attached hydrogens (tertiary/aromatic N) is 2. The topological polar surface area (TPSA) is 88.2 Å². The second kappa shape index (κ2) is 8.92. The normalized spacial score (nSPS) is 28.2. The van der Waals surface area contributed by atoms with E-state index in [-0.39, 0.29) is 29.1 Å². The molecule has 0 bridgehead atoms. The van der Waals surface area contributed by atoms with Gasteiger partial charge in [0.2, 0.25) is 15.9 Å². The Hall–Kier alpha value is -1.52. The molecule has 166 valence electrons. The Labute approximate surface area is 178 Å². The van der Waals surface area contributed by atoms with Crippen molar-refractivity contribution in [3.8, 4) is 0 Å². The third-order valence-electron chi connectivity index (χ3n) is 6.38. The molecule has 4 rings (SSSR count). The summed E-state index contributed by atoms with van der Waals surface area (Å²) in [5.74, 6) is -0.133. The molecule has 3 aliphatic rings. The molecule has 0 aromatic heterocycles. The van der Waals surface area contributed by atoms with E-state index >= 15 is 0 Å². The number of methoxy groups -OCH3 is 1. The Bertz CT molecular complexity index is 846. The Balaban J connectivity index is 1.34. The van der Waals surface area contributed by atoms with Crippen LogP contribution in [-0.2, 0) is 24.3 Å². The summed E-state index contributed by atoms with van der Waals surface area (Å²) >= 11 is 0. The Morgan fingerprint density at radius 3 is 2.57 bits per heavy atom. The van der Waals surface area contributed by atoms with E-state index in [4.69, 9.17) is 9.47 Å². The highest BCUT2D eigenvalue weighted by Gasteiger charge is 2.50. The number of carbonyl (C=O) groups excluding carboxylic acids is 1. The largest absolute Gasteiger partial charge is 0.377 e. The van der Waals surface area contributed by atoms with E-state index in [2.05, 4.69) is 10.2 Å². The molecule has 2 atom stereocenters. The molecule has 3 aliphatic heterocycles. The molecule has 0 aliphatic carbocycles. The van der Waals surface area contributed by atoms with Crippen LogP contribution in [0.5, 0.6) is 0 Å². The average molecular weight is 438 g/mol. The zero-order valence-corrected chi connectivity index (χ0v) is 18.3. The van der Waals surface area contributed by atoms with E-state index in [0.717, 1.165) is 38.7 Å². The Morgan fingerprint density at radius 1 is 1.20 bits per heavy atom. The molecule has 1 spiro atoms. The molecule has 3 saturated heterocycles. The van der Waals surface area contributed by atoms with Gasteiger partial charge < -0.3 is 14.8 Å². The molecule has 9 heteroatoms.